The highest BCUT2D eigenvalue weighted by molar-refractivity contribution is 6.35. The Morgan fingerprint density at radius 1 is 1.08 bits per heavy atom. The largest absolute Gasteiger partial charge is 0.345 e. The molecule has 9 nitrogen and oxygen atoms in total. The third-order valence-electron chi connectivity index (χ3n) is 4.56. The minimum absolute atomic E-state index is 0.0859. The van der Waals surface area contributed by atoms with E-state index < -0.39 is 11.8 Å². The third-order valence-corrected chi connectivity index (χ3v) is 4.56. The minimum atomic E-state index is -0.496. The molecule has 0 aromatic heterocycles. The van der Waals surface area contributed by atoms with E-state index in [0.29, 0.717) is 39.1 Å². The summed E-state index contributed by atoms with van der Waals surface area (Å²) in [4.78, 5) is 51.7. The maximum Gasteiger partial charge on any atom is 0.324 e. The van der Waals surface area contributed by atoms with Crippen molar-refractivity contribution in [2.75, 3.05) is 45.8 Å². The van der Waals surface area contributed by atoms with Gasteiger partial charge in [-0.15, -0.1) is 0 Å². The summed E-state index contributed by atoms with van der Waals surface area (Å²) in [7, 11) is 0. The van der Waals surface area contributed by atoms with Crippen molar-refractivity contribution in [3.63, 3.8) is 0 Å². The van der Waals surface area contributed by atoms with Gasteiger partial charge in [0.15, 0.2) is 0 Å². The van der Waals surface area contributed by atoms with E-state index in [1.165, 1.54) is 4.90 Å². The summed E-state index contributed by atoms with van der Waals surface area (Å²) in [6.45, 7) is 3.70. The van der Waals surface area contributed by atoms with E-state index in [4.69, 9.17) is 0 Å². The van der Waals surface area contributed by atoms with E-state index in [2.05, 4.69) is 15.5 Å². The van der Waals surface area contributed by atoms with Gasteiger partial charge in [-0.3, -0.25) is 24.2 Å². The highest BCUT2D eigenvalue weighted by Gasteiger charge is 2.31. The van der Waals surface area contributed by atoms with Gasteiger partial charge in [0.25, 0.3) is 0 Å². The number of amides is 5. The lowest BCUT2D eigenvalue weighted by Crippen LogP contribution is -2.53. The van der Waals surface area contributed by atoms with Gasteiger partial charge < -0.3 is 15.5 Å². The zero-order valence-electron chi connectivity index (χ0n) is 13.6. The number of piperazine rings is 1. The van der Waals surface area contributed by atoms with Gasteiger partial charge in [-0.2, -0.15) is 0 Å². The van der Waals surface area contributed by atoms with Crippen LogP contribution in [-0.4, -0.2) is 90.3 Å². The topological polar surface area (TPSA) is 102 Å². The van der Waals surface area contributed by atoms with Gasteiger partial charge in [0.05, 0.1) is 6.54 Å². The molecule has 3 rings (SSSR count). The van der Waals surface area contributed by atoms with Crippen molar-refractivity contribution in [2.24, 2.45) is 0 Å². The summed E-state index contributed by atoms with van der Waals surface area (Å²) in [6, 6.07) is -0.134. The molecule has 1 saturated carbocycles. The quantitative estimate of drug-likeness (QED) is 0.462. The Kier molecular flexibility index (Phi) is 4.98. The van der Waals surface area contributed by atoms with Gasteiger partial charge in [0.1, 0.15) is 0 Å². The van der Waals surface area contributed by atoms with Crippen LogP contribution in [0.15, 0.2) is 0 Å². The van der Waals surface area contributed by atoms with Crippen LogP contribution >= 0.6 is 0 Å². The summed E-state index contributed by atoms with van der Waals surface area (Å²) >= 11 is 0. The Hall–Kier alpha value is -2.16. The van der Waals surface area contributed by atoms with Gasteiger partial charge in [-0.05, 0) is 25.8 Å². The molecular weight excluding hydrogens is 314 g/mol. The number of carbonyl (C=O) groups excluding carboxylic acids is 4. The van der Waals surface area contributed by atoms with Gasteiger partial charge >= 0.3 is 17.8 Å². The van der Waals surface area contributed by atoms with Crippen LogP contribution in [0, 0.1) is 0 Å². The fourth-order valence-electron chi connectivity index (χ4n) is 2.93. The zero-order valence-corrected chi connectivity index (χ0v) is 13.6. The lowest BCUT2D eigenvalue weighted by atomic mass is 10.2. The van der Waals surface area contributed by atoms with Crippen LogP contribution in [0.3, 0.4) is 0 Å². The second-order valence-electron chi connectivity index (χ2n) is 6.44. The van der Waals surface area contributed by atoms with Crippen LogP contribution in [0.2, 0.25) is 0 Å². The summed E-state index contributed by atoms with van der Waals surface area (Å²) in [5, 5.41) is 5.21. The molecular formula is C15H23N5O4. The van der Waals surface area contributed by atoms with Crippen LogP contribution in [0.1, 0.15) is 19.3 Å². The second-order valence-corrected chi connectivity index (χ2v) is 6.44. The van der Waals surface area contributed by atoms with E-state index in [1.807, 2.05) is 0 Å². The smallest absolute Gasteiger partial charge is 0.324 e. The van der Waals surface area contributed by atoms with Crippen molar-refractivity contribution < 1.29 is 19.2 Å². The van der Waals surface area contributed by atoms with Crippen molar-refractivity contribution in [3.05, 3.63) is 0 Å². The number of carbonyl (C=O) groups is 4. The minimum Gasteiger partial charge on any atom is -0.345 e. The SMILES string of the molecule is O=C(NC1CC1)C(=O)N1CCN(CCCN2C(=O)CNC2=O)CC1. The molecule has 2 N–H and O–H groups in total. The Bertz CT molecular complexity index is 524. The predicted octanol–water partition coefficient (Wildman–Crippen LogP) is -1.65. The maximum atomic E-state index is 12.0. The van der Waals surface area contributed by atoms with E-state index in [0.717, 1.165) is 19.4 Å². The molecule has 0 bridgehead atoms. The molecule has 0 spiro atoms. The molecule has 1 aliphatic carbocycles. The number of imide groups is 1. The molecule has 24 heavy (non-hydrogen) atoms. The van der Waals surface area contributed by atoms with Crippen molar-refractivity contribution in [2.45, 2.75) is 25.3 Å². The molecule has 9 heteroatoms. The zero-order chi connectivity index (χ0) is 17.1. The van der Waals surface area contributed by atoms with E-state index in [1.54, 1.807) is 4.90 Å². The number of urea groups is 1. The van der Waals surface area contributed by atoms with E-state index in [-0.39, 0.29) is 24.5 Å². The molecule has 5 amide bonds. The Labute approximate surface area is 140 Å². The van der Waals surface area contributed by atoms with E-state index >= 15 is 0 Å². The molecule has 132 valence electrons. The molecule has 2 saturated heterocycles. The monoisotopic (exact) mass is 337 g/mol. The van der Waals surface area contributed by atoms with Gasteiger partial charge in [-0.1, -0.05) is 0 Å². The van der Waals surface area contributed by atoms with Gasteiger partial charge in [-0.25, -0.2) is 4.79 Å². The normalized spacial score (nSPS) is 21.8. The third kappa shape index (κ3) is 4.02. The lowest BCUT2D eigenvalue weighted by molar-refractivity contribution is -0.147. The first kappa shape index (κ1) is 16.7. The number of rotatable bonds is 5. The van der Waals surface area contributed by atoms with Crippen LogP contribution < -0.4 is 10.6 Å². The molecule has 0 unspecified atom stereocenters. The van der Waals surface area contributed by atoms with Crippen LogP contribution in [0.25, 0.3) is 0 Å². The molecule has 0 aromatic rings. The maximum absolute atomic E-state index is 12.0. The fraction of sp³-hybridized carbons (Fsp3) is 0.733. The highest BCUT2D eigenvalue weighted by atomic mass is 16.2. The fourth-order valence-corrected chi connectivity index (χ4v) is 2.93. The van der Waals surface area contributed by atoms with Crippen LogP contribution in [-0.2, 0) is 14.4 Å². The van der Waals surface area contributed by atoms with E-state index in [9.17, 15) is 19.2 Å². The molecule has 0 atom stereocenters. The first-order chi connectivity index (χ1) is 11.5. The molecule has 2 heterocycles. The van der Waals surface area contributed by atoms with Gasteiger partial charge in [0, 0.05) is 38.8 Å². The first-order valence-electron chi connectivity index (χ1n) is 8.45. The Morgan fingerprint density at radius 3 is 2.38 bits per heavy atom. The number of nitrogens with zero attached hydrogens (tertiary/aromatic N) is 3. The van der Waals surface area contributed by atoms with Crippen molar-refractivity contribution in [1.82, 2.24) is 25.3 Å². The molecule has 3 fully saturated rings. The standard InChI is InChI=1S/C15H23N5O4/c21-12-10-16-15(24)20(12)5-1-4-18-6-8-19(9-7-18)14(23)13(22)17-11-2-3-11/h11H,1-10H2,(H,16,24)(H,17,22). The molecule has 0 radical (unpaired) electrons. The lowest BCUT2D eigenvalue weighted by Gasteiger charge is -2.34. The van der Waals surface area contributed by atoms with Crippen molar-refractivity contribution >= 4 is 23.8 Å². The summed E-state index contributed by atoms with van der Waals surface area (Å²) in [5.74, 6) is -1.12. The van der Waals surface area contributed by atoms with Crippen molar-refractivity contribution in [1.29, 1.82) is 0 Å². The number of hydrogen-bond acceptors (Lipinski definition) is 5. The van der Waals surface area contributed by atoms with Gasteiger partial charge in [0.2, 0.25) is 5.91 Å². The highest BCUT2D eigenvalue weighted by Crippen LogP contribution is 2.18. The molecule has 3 aliphatic rings. The van der Waals surface area contributed by atoms with Crippen molar-refractivity contribution in [3.8, 4) is 0 Å². The Morgan fingerprint density at radius 2 is 1.79 bits per heavy atom. The second kappa shape index (κ2) is 7.16. The first-order valence-corrected chi connectivity index (χ1v) is 8.45. The molecule has 0 aromatic carbocycles. The number of hydrogen-bond donors (Lipinski definition) is 2. The van der Waals surface area contributed by atoms with Crippen LogP contribution in [0.4, 0.5) is 4.79 Å². The summed E-state index contributed by atoms with van der Waals surface area (Å²) in [6.07, 6.45) is 2.63. The summed E-state index contributed by atoms with van der Waals surface area (Å²) in [5.41, 5.74) is 0. The molecule has 2 aliphatic heterocycles. The van der Waals surface area contributed by atoms with Crippen LogP contribution in [0.5, 0.6) is 0 Å². The Balaban J connectivity index is 1.34. The number of nitrogens with one attached hydrogen (secondary N) is 2. The average molecular weight is 337 g/mol. The summed E-state index contributed by atoms with van der Waals surface area (Å²) < 4.78 is 0. The average Bonchev–Trinajstić information content (AvgIpc) is 3.34. The predicted molar refractivity (Wildman–Crippen MR) is 83.9 cm³/mol.